The molecule has 102 valence electrons. The molecule has 4 heteroatoms. The van der Waals surface area contributed by atoms with Gasteiger partial charge in [-0.15, -0.1) is 0 Å². The maximum atomic E-state index is 5.54. The average Bonchev–Trinajstić information content (AvgIpc) is 2.90. The molecule has 0 aliphatic carbocycles. The van der Waals surface area contributed by atoms with Gasteiger partial charge in [0.25, 0.3) is 0 Å². The zero-order chi connectivity index (χ0) is 13.9. The third kappa shape index (κ3) is 2.51. The maximum absolute atomic E-state index is 5.54. The lowest BCUT2D eigenvalue weighted by atomic mass is 10.2. The van der Waals surface area contributed by atoms with Gasteiger partial charge in [-0.2, -0.15) is 0 Å². The Morgan fingerprint density at radius 2 is 2.05 bits per heavy atom. The SMILES string of the molecule is COc1ccc(Br)c(NCc2coc3ccccc23)c1. The fourth-order valence-corrected chi connectivity index (χ4v) is 2.51. The number of anilines is 1. The Labute approximate surface area is 125 Å². The lowest BCUT2D eigenvalue weighted by molar-refractivity contribution is 0.415. The van der Waals surface area contributed by atoms with Gasteiger partial charge in [0.2, 0.25) is 0 Å². The maximum Gasteiger partial charge on any atom is 0.134 e. The molecule has 0 fully saturated rings. The van der Waals surface area contributed by atoms with Crippen molar-refractivity contribution in [2.24, 2.45) is 0 Å². The first-order valence-electron chi connectivity index (χ1n) is 6.30. The van der Waals surface area contributed by atoms with Crippen LogP contribution in [0, 0.1) is 0 Å². The van der Waals surface area contributed by atoms with E-state index >= 15 is 0 Å². The summed E-state index contributed by atoms with van der Waals surface area (Å²) in [5.41, 5.74) is 3.04. The largest absolute Gasteiger partial charge is 0.497 e. The van der Waals surface area contributed by atoms with Crippen molar-refractivity contribution >= 4 is 32.6 Å². The number of fused-ring (bicyclic) bond motifs is 1. The molecule has 0 unspecified atom stereocenters. The van der Waals surface area contributed by atoms with E-state index in [1.165, 1.54) is 0 Å². The third-order valence-electron chi connectivity index (χ3n) is 3.20. The number of hydrogen-bond acceptors (Lipinski definition) is 3. The Balaban J connectivity index is 1.83. The van der Waals surface area contributed by atoms with Crippen LogP contribution in [0.3, 0.4) is 0 Å². The molecule has 1 N–H and O–H groups in total. The minimum Gasteiger partial charge on any atom is -0.497 e. The number of para-hydroxylation sites is 1. The molecule has 0 radical (unpaired) electrons. The molecule has 1 aromatic heterocycles. The number of methoxy groups -OCH3 is 1. The molecule has 0 atom stereocenters. The van der Waals surface area contributed by atoms with Crippen molar-refractivity contribution in [2.45, 2.75) is 6.54 Å². The quantitative estimate of drug-likeness (QED) is 0.744. The van der Waals surface area contributed by atoms with Gasteiger partial charge < -0.3 is 14.5 Å². The van der Waals surface area contributed by atoms with Gasteiger partial charge in [-0.3, -0.25) is 0 Å². The second-order valence-corrected chi connectivity index (χ2v) is 5.31. The molecule has 0 saturated heterocycles. The van der Waals surface area contributed by atoms with Gasteiger partial charge in [-0.1, -0.05) is 18.2 Å². The van der Waals surface area contributed by atoms with Crippen LogP contribution in [-0.4, -0.2) is 7.11 Å². The van der Waals surface area contributed by atoms with Gasteiger partial charge in [0.05, 0.1) is 19.1 Å². The summed E-state index contributed by atoms with van der Waals surface area (Å²) in [6, 6.07) is 13.9. The van der Waals surface area contributed by atoms with E-state index < -0.39 is 0 Å². The van der Waals surface area contributed by atoms with Crippen molar-refractivity contribution in [3.05, 3.63) is 58.8 Å². The van der Waals surface area contributed by atoms with Crippen LogP contribution in [0.2, 0.25) is 0 Å². The summed E-state index contributed by atoms with van der Waals surface area (Å²) in [5.74, 6) is 0.827. The molecule has 1 heterocycles. The van der Waals surface area contributed by atoms with Crippen LogP contribution in [0.1, 0.15) is 5.56 Å². The van der Waals surface area contributed by atoms with Gasteiger partial charge in [0.15, 0.2) is 0 Å². The van der Waals surface area contributed by atoms with E-state index in [1.54, 1.807) is 13.4 Å². The molecule has 0 saturated carbocycles. The number of halogens is 1. The van der Waals surface area contributed by atoms with Crippen LogP contribution < -0.4 is 10.1 Å². The second kappa shape index (κ2) is 5.59. The monoisotopic (exact) mass is 331 g/mol. The molecular weight excluding hydrogens is 318 g/mol. The van der Waals surface area contributed by atoms with Gasteiger partial charge >= 0.3 is 0 Å². The van der Waals surface area contributed by atoms with E-state index in [1.807, 2.05) is 36.4 Å². The van der Waals surface area contributed by atoms with Crippen LogP contribution in [-0.2, 0) is 6.54 Å². The van der Waals surface area contributed by atoms with Crippen LogP contribution in [0.15, 0.2) is 57.6 Å². The van der Waals surface area contributed by atoms with E-state index in [9.17, 15) is 0 Å². The first-order valence-corrected chi connectivity index (χ1v) is 7.10. The first kappa shape index (κ1) is 13.1. The lowest BCUT2D eigenvalue weighted by Gasteiger charge is -2.09. The van der Waals surface area contributed by atoms with E-state index in [0.29, 0.717) is 6.54 Å². The first-order chi connectivity index (χ1) is 9.78. The molecule has 3 rings (SSSR count). The molecule has 0 amide bonds. The standard InChI is InChI=1S/C16H14BrNO2/c1-19-12-6-7-14(17)15(8-12)18-9-11-10-20-16-5-3-2-4-13(11)16/h2-8,10,18H,9H2,1H3. The minimum absolute atomic E-state index is 0.697. The summed E-state index contributed by atoms with van der Waals surface area (Å²) in [6.45, 7) is 0.697. The molecule has 0 spiro atoms. The zero-order valence-corrected chi connectivity index (χ0v) is 12.6. The van der Waals surface area contributed by atoms with E-state index in [2.05, 4.69) is 27.3 Å². The molecule has 0 bridgehead atoms. The highest BCUT2D eigenvalue weighted by molar-refractivity contribution is 9.10. The number of nitrogens with one attached hydrogen (secondary N) is 1. The molecule has 0 aliphatic heterocycles. The summed E-state index contributed by atoms with van der Waals surface area (Å²) in [5, 5.41) is 4.53. The molecule has 0 aliphatic rings. The van der Waals surface area contributed by atoms with E-state index in [0.717, 1.165) is 32.4 Å². The topological polar surface area (TPSA) is 34.4 Å². The highest BCUT2D eigenvalue weighted by atomic mass is 79.9. The predicted octanol–water partition coefficient (Wildman–Crippen LogP) is 4.82. The highest BCUT2D eigenvalue weighted by Gasteiger charge is 2.06. The fourth-order valence-electron chi connectivity index (χ4n) is 2.13. The van der Waals surface area contributed by atoms with Crippen LogP contribution >= 0.6 is 15.9 Å². The van der Waals surface area contributed by atoms with Gasteiger partial charge in [0, 0.05) is 28.0 Å². The number of rotatable bonds is 4. The lowest BCUT2D eigenvalue weighted by Crippen LogP contribution is -1.99. The van der Waals surface area contributed by atoms with Crippen LogP contribution in [0.4, 0.5) is 5.69 Å². The number of ether oxygens (including phenoxy) is 1. The Kier molecular flexibility index (Phi) is 3.65. The normalized spacial score (nSPS) is 10.7. The second-order valence-electron chi connectivity index (χ2n) is 4.46. The fraction of sp³-hybridized carbons (Fsp3) is 0.125. The minimum atomic E-state index is 0.697. The average molecular weight is 332 g/mol. The molecule has 3 aromatic rings. The van der Waals surface area contributed by atoms with Crippen LogP contribution in [0.5, 0.6) is 5.75 Å². The molecule has 2 aromatic carbocycles. The summed E-state index contributed by atoms with van der Waals surface area (Å²) in [4.78, 5) is 0. The smallest absolute Gasteiger partial charge is 0.134 e. The summed E-state index contributed by atoms with van der Waals surface area (Å²) < 4.78 is 11.8. The Morgan fingerprint density at radius 3 is 2.90 bits per heavy atom. The third-order valence-corrected chi connectivity index (χ3v) is 3.90. The Hall–Kier alpha value is -1.94. The van der Waals surface area contributed by atoms with Gasteiger partial charge in [0.1, 0.15) is 11.3 Å². The zero-order valence-electron chi connectivity index (χ0n) is 11.0. The molecule has 3 nitrogen and oxygen atoms in total. The Morgan fingerprint density at radius 1 is 1.20 bits per heavy atom. The van der Waals surface area contributed by atoms with Crippen molar-refractivity contribution in [2.75, 3.05) is 12.4 Å². The molecular formula is C16H14BrNO2. The number of hydrogen-bond donors (Lipinski definition) is 1. The van der Waals surface area contributed by atoms with Crippen molar-refractivity contribution < 1.29 is 9.15 Å². The van der Waals surface area contributed by atoms with E-state index in [-0.39, 0.29) is 0 Å². The predicted molar refractivity (Wildman–Crippen MR) is 84.2 cm³/mol. The number of benzene rings is 2. The summed E-state index contributed by atoms with van der Waals surface area (Å²) in [6.07, 6.45) is 1.80. The number of furan rings is 1. The van der Waals surface area contributed by atoms with Crippen molar-refractivity contribution in [3.63, 3.8) is 0 Å². The highest BCUT2D eigenvalue weighted by Crippen LogP contribution is 2.28. The summed E-state index contributed by atoms with van der Waals surface area (Å²) in [7, 11) is 1.66. The van der Waals surface area contributed by atoms with Crippen molar-refractivity contribution in [3.8, 4) is 5.75 Å². The van der Waals surface area contributed by atoms with E-state index in [4.69, 9.17) is 9.15 Å². The van der Waals surface area contributed by atoms with Crippen molar-refractivity contribution in [1.82, 2.24) is 0 Å². The summed E-state index contributed by atoms with van der Waals surface area (Å²) >= 11 is 3.53. The van der Waals surface area contributed by atoms with Crippen molar-refractivity contribution in [1.29, 1.82) is 0 Å². The van der Waals surface area contributed by atoms with Crippen LogP contribution in [0.25, 0.3) is 11.0 Å². The van der Waals surface area contributed by atoms with Gasteiger partial charge in [-0.05, 0) is 34.1 Å². The Bertz CT molecular complexity index is 736. The van der Waals surface area contributed by atoms with Gasteiger partial charge in [-0.25, -0.2) is 0 Å². The molecule has 20 heavy (non-hydrogen) atoms.